The molecule has 7 heteroatoms. The maximum atomic E-state index is 4.83. The predicted molar refractivity (Wildman–Crippen MR) is 103 cm³/mol. The van der Waals surface area contributed by atoms with Crippen LogP contribution in [0, 0.1) is 0 Å². The lowest BCUT2D eigenvalue weighted by Gasteiger charge is -2.25. The van der Waals surface area contributed by atoms with E-state index in [4.69, 9.17) is 4.52 Å². The van der Waals surface area contributed by atoms with Gasteiger partial charge >= 0.3 is 0 Å². The van der Waals surface area contributed by atoms with Crippen molar-refractivity contribution < 1.29 is 4.52 Å². The van der Waals surface area contributed by atoms with Gasteiger partial charge in [0, 0.05) is 33.3 Å². The molecule has 5 nitrogen and oxygen atoms in total. The third-order valence-corrected chi connectivity index (χ3v) is 4.86. The zero-order valence-electron chi connectivity index (χ0n) is 14.2. The Hall–Kier alpha value is -1.47. The Balaban J connectivity index is 1.91. The fourth-order valence-corrected chi connectivity index (χ4v) is 3.29. The number of guanidine groups is 1. The smallest absolute Gasteiger partial charge is 0.191 e. The molecule has 0 saturated heterocycles. The van der Waals surface area contributed by atoms with Crippen LogP contribution in [0.4, 0.5) is 0 Å². The fourth-order valence-electron chi connectivity index (χ4n) is 1.98. The molecule has 0 radical (unpaired) electrons. The molecule has 1 aromatic carbocycles. The van der Waals surface area contributed by atoms with E-state index in [2.05, 4.69) is 81.7 Å². The summed E-state index contributed by atoms with van der Waals surface area (Å²) in [5, 5.41) is 10.5. The number of hydrogen-bond acceptors (Lipinski definition) is 4. The van der Waals surface area contributed by atoms with E-state index in [1.165, 1.54) is 4.90 Å². The van der Waals surface area contributed by atoms with E-state index in [0.717, 1.165) is 29.2 Å². The lowest BCUT2D eigenvalue weighted by atomic mass is 10.2. The highest BCUT2D eigenvalue weighted by atomic mass is 79.9. The van der Waals surface area contributed by atoms with Gasteiger partial charge in [0.15, 0.2) is 5.96 Å². The van der Waals surface area contributed by atoms with Gasteiger partial charge < -0.3 is 15.2 Å². The van der Waals surface area contributed by atoms with E-state index in [0.29, 0.717) is 6.54 Å². The number of halogens is 1. The zero-order valence-corrected chi connectivity index (χ0v) is 16.6. The molecule has 2 N–H and O–H groups in total. The lowest BCUT2D eigenvalue weighted by molar-refractivity contribution is 0.412. The van der Waals surface area contributed by atoms with Crippen molar-refractivity contribution in [2.75, 3.05) is 13.1 Å². The summed E-state index contributed by atoms with van der Waals surface area (Å²) in [5.74, 6) is 0.782. The summed E-state index contributed by atoms with van der Waals surface area (Å²) in [5.41, 5.74) is 0.815. The molecular weight excluding hydrogens is 388 g/mol. The van der Waals surface area contributed by atoms with Crippen molar-refractivity contribution >= 4 is 33.7 Å². The Morgan fingerprint density at radius 1 is 1.25 bits per heavy atom. The van der Waals surface area contributed by atoms with Crippen LogP contribution in [-0.2, 0) is 6.54 Å². The van der Waals surface area contributed by atoms with Gasteiger partial charge in [0.05, 0.1) is 6.54 Å². The molecular formula is C17H23BrN4OS. The molecule has 0 aliphatic carbocycles. The number of hydrogen-bond donors (Lipinski definition) is 2. The van der Waals surface area contributed by atoms with Gasteiger partial charge in [-0.15, -0.1) is 11.8 Å². The second-order valence-corrected chi connectivity index (χ2v) is 8.55. The Morgan fingerprint density at radius 2 is 2.00 bits per heavy atom. The van der Waals surface area contributed by atoms with Crippen LogP contribution >= 0.6 is 27.7 Å². The first-order chi connectivity index (χ1) is 11.5. The SMILES string of the molecule is CCNC(=NCc1ccon1)NCC(C)(C)Sc1ccc(Br)cc1. The number of benzene rings is 1. The summed E-state index contributed by atoms with van der Waals surface area (Å²) < 4.78 is 5.95. The van der Waals surface area contributed by atoms with E-state index >= 15 is 0 Å². The minimum Gasteiger partial charge on any atom is -0.364 e. The van der Waals surface area contributed by atoms with Gasteiger partial charge in [0.25, 0.3) is 0 Å². The van der Waals surface area contributed by atoms with Gasteiger partial charge in [-0.2, -0.15) is 0 Å². The first kappa shape index (κ1) is 18.9. The molecule has 0 aliphatic rings. The molecule has 130 valence electrons. The summed E-state index contributed by atoms with van der Waals surface area (Å²) in [4.78, 5) is 5.78. The van der Waals surface area contributed by atoms with Crippen LogP contribution < -0.4 is 10.6 Å². The van der Waals surface area contributed by atoms with Crippen molar-refractivity contribution in [2.45, 2.75) is 37.0 Å². The fraction of sp³-hybridized carbons (Fsp3) is 0.412. The Labute approximate surface area is 155 Å². The van der Waals surface area contributed by atoms with E-state index < -0.39 is 0 Å². The summed E-state index contributed by atoms with van der Waals surface area (Å²) in [6, 6.07) is 10.2. The standard InChI is InChI=1S/C17H23BrN4OS/c1-4-19-16(20-11-14-9-10-23-22-14)21-12-17(2,3)24-15-7-5-13(18)6-8-15/h5-10H,4,11-12H2,1-3H3,(H2,19,20,21). The Morgan fingerprint density at radius 3 is 2.62 bits per heavy atom. The van der Waals surface area contributed by atoms with Crippen LogP contribution in [0.15, 0.2) is 55.5 Å². The lowest BCUT2D eigenvalue weighted by Crippen LogP contribution is -2.43. The summed E-state index contributed by atoms with van der Waals surface area (Å²) in [6.07, 6.45) is 1.56. The topological polar surface area (TPSA) is 62.5 Å². The minimum absolute atomic E-state index is 0.0257. The molecule has 0 atom stereocenters. The Kier molecular flexibility index (Phi) is 7.17. The molecule has 0 spiro atoms. The molecule has 2 rings (SSSR count). The highest BCUT2D eigenvalue weighted by molar-refractivity contribution is 9.10. The molecule has 0 aliphatic heterocycles. The van der Waals surface area contributed by atoms with Crippen LogP contribution in [-0.4, -0.2) is 29.0 Å². The van der Waals surface area contributed by atoms with Gasteiger partial charge in [0.1, 0.15) is 12.0 Å². The van der Waals surface area contributed by atoms with Gasteiger partial charge in [-0.25, -0.2) is 4.99 Å². The molecule has 0 amide bonds. The number of nitrogens with one attached hydrogen (secondary N) is 2. The molecule has 0 fully saturated rings. The van der Waals surface area contributed by atoms with Crippen molar-refractivity contribution in [3.63, 3.8) is 0 Å². The molecule has 1 heterocycles. The molecule has 1 aromatic heterocycles. The van der Waals surface area contributed by atoms with E-state index in [1.54, 1.807) is 6.26 Å². The van der Waals surface area contributed by atoms with Crippen LogP contribution in [0.2, 0.25) is 0 Å². The van der Waals surface area contributed by atoms with Gasteiger partial charge in [-0.1, -0.05) is 21.1 Å². The third kappa shape index (κ3) is 6.57. The number of aliphatic imine (C=N–C) groups is 1. The monoisotopic (exact) mass is 410 g/mol. The first-order valence-electron chi connectivity index (χ1n) is 7.84. The quantitative estimate of drug-likeness (QED) is 0.409. The molecule has 24 heavy (non-hydrogen) atoms. The second kappa shape index (κ2) is 9.13. The maximum Gasteiger partial charge on any atom is 0.191 e. The van der Waals surface area contributed by atoms with Gasteiger partial charge in [-0.3, -0.25) is 0 Å². The largest absolute Gasteiger partial charge is 0.364 e. The average molecular weight is 411 g/mol. The Bertz CT molecular complexity index is 641. The zero-order chi connectivity index (χ0) is 17.4. The normalized spacial score (nSPS) is 12.2. The van der Waals surface area contributed by atoms with Crippen LogP contribution in [0.25, 0.3) is 0 Å². The predicted octanol–water partition coefficient (Wildman–Crippen LogP) is 4.06. The maximum absolute atomic E-state index is 4.83. The van der Waals surface area contributed by atoms with Crippen molar-refractivity contribution in [3.05, 3.63) is 46.8 Å². The van der Waals surface area contributed by atoms with Crippen molar-refractivity contribution in [1.29, 1.82) is 0 Å². The van der Waals surface area contributed by atoms with Gasteiger partial charge in [0.2, 0.25) is 0 Å². The number of nitrogens with zero attached hydrogens (tertiary/aromatic N) is 2. The molecule has 0 bridgehead atoms. The summed E-state index contributed by atoms with van der Waals surface area (Å²) >= 11 is 5.31. The van der Waals surface area contributed by atoms with Crippen molar-refractivity contribution in [3.8, 4) is 0 Å². The van der Waals surface area contributed by atoms with E-state index in [1.807, 2.05) is 17.8 Å². The van der Waals surface area contributed by atoms with Crippen molar-refractivity contribution in [1.82, 2.24) is 15.8 Å². The number of aromatic nitrogens is 1. The third-order valence-electron chi connectivity index (χ3n) is 3.12. The summed E-state index contributed by atoms with van der Waals surface area (Å²) in [6.45, 7) is 8.58. The minimum atomic E-state index is 0.0257. The van der Waals surface area contributed by atoms with E-state index in [-0.39, 0.29) is 4.75 Å². The number of rotatable bonds is 7. The van der Waals surface area contributed by atoms with Crippen LogP contribution in [0.5, 0.6) is 0 Å². The van der Waals surface area contributed by atoms with Crippen LogP contribution in [0.1, 0.15) is 26.5 Å². The highest BCUT2D eigenvalue weighted by Gasteiger charge is 2.20. The summed E-state index contributed by atoms with van der Waals surface area (Å²) in [7, 11) is 0. The van der Waals surface area contributed by atoms with E-state index in [9.17, 15) is 0 Å². The first-order valence-corrected chi connectivity index (χ1v) is 9.45. The van der Waals surface area contributed by atoms with Crippen LogP contribution in [0.3, 0.4) is 0 Å². The second-order valence-electron chi connectivity index (χ2n) is 5.86. The van der Waals surface area contributed by atoms with Gasteiger partial charge in [-0.05, 0) is 45.0 Å². The van der Waals surface area contributed by atoms with Crippen molar-refractivity contribution in [2.24, 2.45) is 4.99 Å². The number of thioether (sulfide) groups is 1. The molecule has 2 aromatic rings. The average Bonchev–Trinajstić information content (AvgIpc) is 3.06. The highest BCUT2D eigenvalue weighted by Crippen LogP contribution is 2.32. The molecule has 0 saturated carbocycles. The molecule has 0 unspecified atom stereocenters.